The summed E-state index contributed by atoms with van der Waals surface area (Å²) in [5, 5.41) is 10.00. The summed E-state index contributed by atoms with van der Waals surface area (Å²) in [5.41, 5.74) is 1.37. The second kappa shape index (κ2) is 8.77. The molecule has 7 heteroatoms. The molecule has 1 amide bonds. The van der Waals surface area contributed by atoms with Crippen LogP contribution in [0.5, 0.6) is 0 Å². The molecule has 0 saturated carbocycles. The lowest BCUT2D eigenvalue weighted by Crippen LogP contribution is -2.51. The van der Waals surface area contributed by atoms with Crippen LogP contribution in [0, 0.1) is 5.41 Å². The van der Waals surface area contributed by atoms with Crippen molar-refractivity contribution < 1.29 is 4.79 Å². The number of halogens is 1. The molecule has 1 spiro atoms. The Morgan fingerprint density at radius 3 is 3.04 bits per heavy atom. The maximum absolute atomic E-state index is 11.7. The predicted molar refractivity (Wildman–Crippen MR) is 123 cm³/mol. The molecule has 2 saturated heterocycles. The summed E-state index contributed by atoms with van der Waals surface area (Å²) in [7, 11) is 0. The number of thiophene rings is 1. The minimum atomic E-state index is 0. The molecular formula is C20H27IN4OS. The number of benzene rings is 1. The molecule has 1 unspecified atom stereocenters. The number of amides is 1. The van der Waals surface area contributed by atoms with E-state index in [4.69, 9.17) is 4.99 Å². The van der Waals surface area contributed by atoms with E-state index in [9.17, 15) is 4.79 Å². The van der Waals surface area contributed by atoms with Gasteiger partial charge in [-0.15, -0.1) is 35.3 Å². The quantitative estimate of drug-likeness (QED) is 0.387. The van der Waals surface area contributed by atoms with E-state index in [1.807, 2.05) is 0 Å². The molecule has 1 aromatic heterocycles. The molecule has 2 N–H and O–H groups in total. The number of carbonyl (C=O) groups is 1. The van der Waals surface area contributed by atoms with E-state index in [1.165, 1.54) is 15.6 Å². The van der Waals surface area contributed by atoms with Gasteiger partial charge in [-0.1, -0.05) is 18.2 Å². The number of likely N-dealkylation sites (tertiary alicyclic amines) is 1. The van der Waals surface area contributed by atoms with Crippen molar-refractivity contribution in [3.63, 3.8) is 0 Å². The average Bonchev–Trinajstić information content (AvgIpc) is 3.22. The molecule has 4 rings (SSSR count). The van der Waals surface area contributed by atoms with Crippen LogP contribution in [0.1, 0.15) is 31.7 Å². The van der Waals surface area contributed by atoms with E-state index < -0.39 is 0 Å². The van der Waals surface area contributed by atoms with Crippen molar-refractivity contribution in [2.45, 2.75) is 32.7 Å². The zero-order valence-electron chi connectivity index (χ0n) is 15.7. The Hall–Kier alpha value is -1.35. The molecule has 27 heavy (non-hydrogen) atoms. The smallest absolute Gasteiger partial charge is 0.220 e. The number of hydrogen-bond donors (Lipinski definition) is 2. The maximum Gasteiger partial charge on any atom is 0.220 e. The summed E-state index contributed by atoms with van der Waals surface area (Å²) >= 11 is 1.78. The van der Waals surface area contributed by atoms with Gasteiger partial charge in [0.1, 0.15) is 0 Å². The van der Waals surface area contributed by atoms with Crippen molar-refractivity contribution in [3.8, 4) is 0 Å². The summed E-state index contributed by atoms with van der Waals surface area (Å²) in [5.74, 6) is 1.17. The first kappa shape index (κ1) is 20.4. The lowest BCUT2D eigenvalue weighted by Gasteiger charge is -2.40. The van der Waals surface area contributed by atoms with Crippen LogP contribution in [0.25, 0.3) is 10.1 Å². The van der Waals surface area contributed by atoms with Crippen molar-refractivity contribution >= 4 is 57.3 Å². The summed E-state index contributed by atoms with van der Waals surface area (Å²) in [4.78, 5) is 19.0. The number of piperidine rings is 1. The van der Waals surface area contributed by atoms with Crippen molar-refractivity contribution in [1.29, 1.82) is 0 Å². The van der Waals surface area contributed by atoms with Crippen molar-refractivity contribution in [3.05, 3.63) is 35.2 Å². The molecule has 0 radical (unpaired) electrons. The Morgan fingerprint density at radius 1 is 1.41 bits per heavy atom. The van der Waals surface area contributed by atoms with Crippen LogP contribution in [0.15, 0.2) is 34.6 Å². The first-order chi connectivity index (χ1) is 12.7. The average molecular weight is 498 g/mol. The zero-order chi connectivity index (χ0) is 18.0. The van der Waals surface area contributed by atoms with Gasteiger partial charge in [0.25, 0.3) is 0 Å². The number of guanidine groups is 1. The Bertz CT molecular complexity index is 836. The molecule has 1 aromatic carbocycles. The van der Waals surface area contributed by atoms with Gasteiger partial charge in [0.2, 0.25) is 5.91 Å². The SMILES string of the molecule is CCNC(=NCc1csc2ccccc12)N1CCCC2(CNC(=O)C2)C1.I. The minimum Gasteiger partial charge on any atom is -0.357 e. The number of carbonyl (C=O) groups excluding carboxylic acids is 1. The molecule has 3 heterocycles. The first-order valence-corrected chi connectivity index (χ1v) is 10.3. The van der Waals surface area contributed by atoms with E-state index in [1.54, 1.807) is 11.3 Å². The fourth-order valence-corrected chi connectivity index (χ4v) is 5.12. The number of aliphatic imine (C=N–C) groups is 1. The monoisotopic (exact) mass is 498 g/mol. The highest BCUT2D eigenvalue weighted by Gasteiger charge is 2.42. The molecule has 2 aromatic rings. The van der Waals surface area contributed by atoms with Gasteiger partial charge in [-0.2, -0.15) is 0 Å². The van der Waals surface area contributed by atoms with Crippen molar-refractivity contribution in [2.75, 3.05) is 26.2 Å². The molecule has 1 atom stereocenters. The number of nitrogens with zero attached hydrogens (tertiary/aromatic N) is 2. The normalized spacial score (nSPS) is 22.8. The van der Waals surface area contributed by atoms with E-state index in [0.717, 1.165) is 45.0 Å². The molecule has 0 bridgehead atoms. The zero-order valence-corrected chi connectivity index (χ0v) is 18.8. The number of rotatable bonds is 3. The van der Waals surface area contributed by atoms with E-state index in [-0.39, 0.29) is 35.3 Å². The van der Waals surface area contributed by atoms with Crippen LogP contribution in [0.2, 0.25) is 0 Å². The Balaban J connectivity index is 0.00000210. The van der Waals surface area contributed by atoms with Crippen LogP contribution in [0.4, 0.5) is 0 Å². The summed E-state index contributed by atoms with van der Waals surface area (Å²) in [6.07, 6.45) is 2.88. The molecule has 2 aliphatic rings. The Morgan fingerprint density at radius 2 is 2.26 bits per heavy atom. The fraction of sp³-hybridized carbons (Fsp3) is 0.500. The van der Waals surface area contributed by atoms with Gasteiger partial charge in [0, 0.05) is 42.7 Å². The minimum absolute atomic E-state index is 0. The van der Waals surface area contributed by atoms with Gasteiger partial charge in [0.15, 0.2) is 5.96 Å². The van der Waals surface area contributed by atoms with Crippen LogP contribution in [-0.2, 0) is 11.3 Å². The van der Waals surface area contributed by atoms with Crippen molar-refractivity contribution in [2.24, 2.45) is 10.4 Å². The second-order valence-electron chi connectivity index (χ2n) is 7.41. The first-order valence-electron chi connectivity index (χ1n) is 9.44. The van der Waals surface area contributed by atoms with Crippen LogP contribution < -0.4 is 10.6 Å². The van der Waals surface area contributed by atoms with E-state index in [0.29, 0.717) is 13.0 Å². The third-order valence-corrected chi connectivity index (χ3v) is 6.46. The topological polar surface area (TPSA) is 56.7 Å². The van der Waals surface area contributed by atoms with Gasteiger partial charge >= 0.3 is 0 Å². The van der Waals surface area contributed by atoms with Crippen molar-refractivity contribution in [1.82, 2.24) is 15.5 Å². The molecule has 5 nitrogen and oxygen atoms in total. The Kier molecular flexibility index (Phi) is 6.62. The number of fused-ring (bicyclic) bond motifs is 1. The number of nitrogens with one attached hydrogen (secondary N) is 2. The maximum atomic E-state index is 11.7. The summed E-state index contributed by atoms with van der Waals surface area (Å²) in [6, 6.07) is 8.51. The molecule has 2 fully saturated rings. The van der Waals surface area contributed by atoms with Crippen LogP contribution in [-0.4, -0.2) is 42.9 Å². The van der Waals surface area contributed by atoms with Gasteiger partial charge in [-0.3, -0.25) is 4.79 Å². The molecule has 2 aliphatic heterocycles. The molecule has 0 aliphatic carbocycles. The van der Waals surface area contributed by atoms with Crippen LogP contribution >= 0.6 is 35.3 Å². The van der Waals surface area contributed by atoms with Gasteiger partial charge in [-0.25, -0.2) is 4.99 Å². The highest BCUT2D eigenvalue weighted by atomic mass is 127. The molecular weight excluding hydrogens is 471 g/mol. The highest BCUT2D eigenvalue weighted by Crippen LogP contribution is 2.36. The largest absolute Gasteiger partial charge is 0.357 e. The van der Waals surface area contributed by atoms with E-state index in [2.05, 4.69) is 52.1 Å². The lowest BCUT2D eigenvalue weighted by molar-refractivity contribution is -0.119. The third-order valence-electron chi connectivity index (χ3n) is 5.45. The predicted octanol–water partition coefficient (Wildman–Crippen LogP) is 3.59. The van der Waals surface area contributed by atoms with Gasteiger partial charge < -0.3 is 15.5 Å². The standard InChI is InChI=1S/C20H26N4OS.HI/c1-2-21-19(22-11-15-12-26-17-7-4-3-6-16(15)17)24-9-5-8-20(14-24)10-18(25)23-13-20;/h3-4,6-7,12H,2,5,8-11,13-14H2,1H3,(H,21,22)(H,23,25);1H. The number of hydrogen-bond acceptors (Lipinski definition) is 3. The second-order valence-corrected chi connectivity index (χ2v) is 8.32. The lowest BCUT2D eigenvalue weighted by atomic mass is 9.79. The van der Waals surface area contributed by atoms with Crippen LogP contribution in [0.3, 0.4) is 0 Å². The van der Waals surface area contributed by atoms with E-state index >= 15 is 0 Å². The fourth-order valence-electron chi connectivity index (χ4n) is 4.17. The molecule has 146 valence electrons. The third kappa shape index (κ3) is 4.39. The summed E-state index contributed by atoms with van der Waals surface area (Å²) in [6.45, 7) is 6.36. The summed E-state index contributed by atoms with van der Waals surface area (Å²) < 4.78 is 1.31. The van der Waals surface area contributed by atoms with Gasteiger partial charge in [0.05, 0.1) is 6.54 Å². The van der Waals surface area contributed by atoms with Gasteiger partial charge in [-0.05, 0) is 42.2 Å². The highest BCUT2D eigenvalue weighted by molar-refractivity contribution is 14.0. The Labute approximate surface area is 181 Å².